The Bertz CT molecular complexity index is 577. The number of carbonyl (C=O) groups is 1. The van der Waals surface area contributed by atoms with E-state index >= 15 is 0 Å². The summed E-state index contributed by atoms with van der Waals surface area (Å²) in [5, 5.41) is 12.1. The van der Waals surface area contributed by atoms with Gasteiger partial charge in [0.1, 0.15) is 11.4 Å². The van der Waals surface area contributed by atoms with Gasteiger partial charge in [-0.15, -0.1) is 0 Å². The summed E-state index contributed by atoms with van der Waals surface area (Å²) in [5.74, 6) is -0.622. The Labute approximate surface area is 105 Å². The van der Waals surface area contributed by atoms with Crippen molar-refractivity contribution in [2.45, 2.75) is 13.8 Å². The van der Waals surface area contributed by atoms with Crippen LogP contribution in [0.2, 0.25) is 0 Å². The van der Waals surface area contributed by atoms with E-state index in [2.05, 4.69) is 10.3 Å². The third-order valence-corrected chi connectivity index (χ3v) is 2.58. The number of nitrogens with zero attached hydrogens (tertiary/aromatic N) is 1. The molecule has 0 atom stereocenters. The lowest BCUT2D eigenvalue weighted by Crippen LogP contribution is -2.05. The third-order valence-electron chi connectivity index (χ3n) is 2.58. The molecular formula is C14H14N2O2. The Morgan fingerprint density at radius 2 is 1.78 bits per heavy atom. The van der Waals surface area contributed by atoms with Crippen molar-refractivity contribution in [3.05, 3.63) is 53.2 Å². The summed E-state index contributed by atoms with van der Waals surface area (Å²) in [6.07, 6.45) is 0. The number of aryl methyl sites for hydroxylation is 2. The molecule has 0 saturated heterocycles. The molecule has 2 aromatic rings. The first kappa shape index (κ1) is 12.1. The molecule has 0 spiro atoms. The summed E-state index contributed by atoms with van der Waals surface area (Å²) in [4.78, 5) is 15.3. The molecule has 0 aliphatic heterocycles. The van der Waals surface area contributed by atoms with Crippen LogP contribution in [-0.2, 0) is 0 Å². The second kappa shape index (κ2) is 4.87. The number of benzene rings is 1. The van der Waals surface area contributed by atoms with Gasteiger partial charge in [0.05, 0.1) is 0 Å². The number of rotatable bonds is 3. The molecule has 0 unspecified atom stereocenters. The highest BCUT2D eigenvalue weighted by Gasteiger charge is 2.11. The first-order valence-electron chi connectivity index (χ1n) is 5.61. The molecule has 4 nitrogen and oxygen atoms in total. The number of carboxylic acid groups (broad SMARTS) is 1. The van der Waals surface area contributed by atoms with Gasteiger partial charge in [-0.1, -0.05) is 17.7 Å². The Kier molecular flexibility index (Phi) is 3.28. The number of pyridine rings is 1. The number of anilines is 2. The number of aromatic nitrogens is 1. The molecule has 2 N–H and O–H groups in total. The van der Waals surface area contributed by atoms with E-state index in [1.165, 1.54) is 0 Å². The monoisotopic (exact) mass is 242 g/mol. The van der Waals surface area contributed by atoms with Crippen molar-refractivity contribution in [1.82, 2.24) is 4.98 Å². The van der Waals surface area contributed by atoms with Gasteiger partial charge in [-0.2, -0.15) is 0 Å². The van der Waals surface area contributed by atoms with E-state index in [1.54, 1.807) is 12.1 Å². The highest BCUT2D eigenvalue weighted by molar-refractivity contribution is 5.94. The maximum absolute atomic E-state index is 11.1. The SMILES string of the molecule is Cc1ccc(Nc2nc(C)ccc2C(=O)O)cc1. The van der Waals surface area contributed by atoms with Gasteiger partial charge in [-0.05, 0) is 38.1 Å². The van der Waals surface area contributed by atoms with Crippen LogP contribution in [0.15, 0.2) is 36.4 Å². The molecule has 0 radical (unpaired) electrons. The quantitative estimate of drug-likeness (QED) is 0.868. The smallest absolute Gasteiger partial charge is 0.339 e. The van der Waals surface area contributed by atoms with Gasteiger partial charge in [0.25, 0.3) is 0 Å². The molecule has 0 fully saturated rings. The van der Waals surface area contributed by atoms with Crippen LogP contribution in [0.4, 0.5) is 11.5 Å². The van der Waals surface area contributed by atoms with E-state index in [-0.39, 0.29) is 5.56 Å². The van der Waals surface area contributed by atoms with Crippen LogP contribution in [0, 0.1) is 13.8 Å². The zero-order valence-electron chi connectivity index (χ0n) is 10.3. The van der Waals surface area contributed by atoms with E-state index in [1.807, 2.05) is 38.1 Å². The first-order chi connectivity index (χ1) is 8.56. The minimum Gasteiger partial charge on any atom is -0.478 e. The maximum atomic E-state index is 11.1. The molecule has 4 heteroatoms. The highest BCUT2D eigenvalue weighted by atomic mass is 16.4. The van der Waals surface area contributed by atoms with E-state index in [0.29, 0.717) is 5.82 Å². The van der Waals surface area contributed by atoms with E-state index in [9.17, 15) is 4.79 Å². The van der Waals surface area contributed by atoms with Gasteiger partial charge in [-0.3, -0.25) is 0 Å². The second-order valence-corrected chi connectivity index (χ2v) is 4.14. The molecule has 0 amide bonds. The van der Waals surface area contributed by atoms with Crippen molar-refractivity contribution in [3.8, 4) is 0 Å². The van der Waals surface area contributed by atoms with Gasteiger partial charge in [-0.25, -0.2) is 9.78 Å². The number of nitrogens with one attached hydrogen (secondary N) is 1. The average molecular weight is 242 g/mol. The number of hydrogen-bond acceptors (Lipinski definition) is 3. The molecule has 1 aromatic carbocycles. The summed E-state index contributed by atoms with van der Waals surface area (Å²) < 4.78 is 0. The largest absolute Gasteiger partial charge is 0.478 e. The predicted octanol–water partition coefficient (Wildman–Crippen LogP) is 3.14. The fourth-order valence-electron chi connectivity index (χ4n) is 1.60. The molecule has 2 rings (SSSR count). The average Bonchev–Trinajstić information content (AvgIpc) is 2.32. The molecule has 0 aliphatic rings. The Morgan fingerprint density at radius 1 is 1.11 bits per heavy atom. The Morgan fingerprint density at radius 3 is 2.39 bits per heavy atom. The number of aromatic carboxylic acids is 1. The molecule has 0 aliphatic carbocycles. The summed E-state index contributed by atoms with van der Waals surface area (Å²) in [6.45, 7) is 3.82. The zero-order valence-corrected chi connectivity index (χ0v) is 10.3. The minimum absolute atomic E-state index is 0.168. The Balaban J connectivity index is 2.35. The normalized spacial score (nSPS) is 10.1. The predicted molar refractivity (Wildman–Crippen MR) is 70.4 cm³/mol. The van der Waals surface area contributed by atoms with Crippen molar-refractivity contribution in [2.75, 3.05) is 5.32 Å². The van der Waals surface area contributed by atoms with Gasteiger partial charge in [0.2, 0.25) is 0 Å². The van der Waals surface area contributed by atoms with Crippen LogP contribution in [0.3, 0.4) is 0 Å². The van der Waals surface area contributed by atoms with E-state index < -0.39 is 5.97 Å². The van der Waals surface area contributed by atoms with E-state index in [4.69, 9.17) is 5.11 Å². The van der Waals surface area contributed by atoms with Gasteiger partial charge in [0, 0.05) is 11.4 Å². The fourth-order valence-corrected chi connectivity index (χ4v) is 1.60. The number of carboxylic acids is 1. The van der Waals surface area contributed by atoms with Crippen LogP contribution in [0.5, 0.6) is 0 Å². The standard InChI is InChI=1S/C14H14N2O2/c1-9-3-6-11(7-4-9)16-13-12(14(17)18)8-5-10(2)15-13/h3-8H,1-2H3,(H,15,16)(H,17,18). The molecule has 0 saturated carbocycles. The highest BCUT2D eigenvalue weighted by Crippen LogP contribution is 2.19. The lowest BCUT2D eigenvalue weighted by atomic mass is 10.2. The topological polar surface area (TPSA) is 62.2 Å². The van der Waals surface area contributed by atoms with Gasteiger partial charge in [0.15, 0.2) is 0 Å². The zero-order chi connectivity index (χ0) is 13.1. The lowest BCUT2D eigenvalue weighted by molar-refractivity contribution is 0.0697. The van der Waals surface area contributed by atoms with Crippen LogP contribution >= 0.6 is 0 Å². The van der Waals surface area contributed by atoms with Crippen LogP contribution in [-0.4, -0.2) is 16.1 Å². The lowest BCUT2D eigenvalue weighted by Gasteiger charge is -2.09. The molecule has 18 heavy (non-hydrogen) atoms. The molecule has 0 bridgehead atoms. The summed E-state index contributed by atoms with van der Waals surface area (Å²) >= 11 is 0. The summed E-state index contributed by atoms with van der Waals surface area (Å²) in [5.41, 5.74) is 2.91. The molecule has 1 aromatic heterocycles. The first-order valence-corrected chi connectivity index (χ1v) is 5.61. The van der Waals surface area contributed by atoms with Crippen molar-refractivity contribution in [2.24, 2.45) is 0 Å². The second-order valence-electron chi connectivity index (χ2n) is 4.14. The van der Waals surface area contributed by atoms with Gasteiger partial charge >= 0.3 is 5.97 Å². The van der Waals surface area contributed by atoms with Crippen molar-refractivity contribution >= 4 is 17.5 Å². The third kappa shape index (κ3) is 2.66. The van der Waals surface area contributed by atoms with Crippen LogP contribution in [0.25, 0.3) is 0 Å². The maximum Gasteiger partial charge on any atom is 0.339 e. The fraction of sp³-hybridized carbons (Fsp3) is 0.143. The summed E-state index contributed by atoms with van der Waals surface area (Å²) in [6, 6.07) is 10.9. The summed E-state index contributed by atoms with van der Waals surface area (Å²) in [7, 11) is 0. The number of hydrogen-bond donors (Lipinski definition) is 2. The van der Waals surface area contributed by atoms with Crippen molar-refractivity contribution < 1.29 is 9.90 Å². The minimum atomic E-state index is -0.989. The molecule has 1 heterocycles. The van der Waals surface area contributed by atoms with Gasteiger partial charge < -0.3 is 10.4 Å². The van der Waals surface area contributed by atoms with E-state index in [0.717, 1.165) is 16.9 Å². The van der Waals surface area contributed by atoms with Crippen LogP contribution in [0.1, 0.15) is 21.6 Å². The van der Waals surface area contributed by atoms with Crippen molar-refractivity contribution in [3.63, 3.8) is 0 Å². The van der Waals surface area contributed by atoms with Crippen LogP contribution < -0.4 is 5.32 Å². The molecule has 92 valence electrons. The van der Waals surface area contributed by atoms with Crippen molar-refractivity contribution in [1.29, 1.82) is 0 Å². The Hall–Kier alpha value is -2.36. The molecular weight excluding hydrogens is 228 g/mol.